The molecule has 2 aromatic heterocycles. The molecule has 0 spiro atoms. The maximum absolute atomic E-state index is 12.3. The molecular formula is C21H18N4O3S. The van der Waals surface area contributed by atoms with Crippen LogP contribution in [0.5, 0.6) is 5.75 Å². The van der Waals surface area contributed by atoms with Gasteiger partial charge in [-0.2, -0.15) is 5.10 Å². The molecule has 0 atom stereocenters. The highest BCUT2D eigenvalue weighted by Crippen LogP contribution is 2.26. The second-order valence-electron chi connectivity index (χ2n) is 6.67. The number of H-pyrrole nitrogens is 1. The molecule has 146 valence electrons. The van der Waals surface area contributed by atoms with Crippen molar-refractivity contribution in [3.63, 3.8) is 0 Å². The number of benzene rings is 2. The molecule has 0 aliphatic rings. The van der Waals surface area contributed by atoms with Crippen molar-refractivity contribution in [2.24, 2.45) is 5.10 Å². The number of nitrogens with zero attached hydrogens (tertiary/aromatic N) is 2. The number of hydrogen-bond acceptors (Lipinski definition) is 6. The van der Waals surface area contributed by atoms with Gasteiger partial charge in [0.05, 0.1) is 18.0 Å². The van der Waals surface area contributed by atoms with Crippen LogP contribution < -0.4 is 11.0 Å². The van der Waals surface area contributed by atoms with E-state index in [0.717, 1.165) is 21.2 Å². The number of amides is 1. The third kappa shape index (κ3) is 3.62. The van der Waals surface area contributed by atoms with E-state index in [4.69, 9.17) is 0 Å². The number of thiophene rings is 1. The molecule has 4 rings (SSSR count). The Balaban J connectivity index is 1.52. The number of phenolic OH excluding ortho intramolecular Hbond substituents is 1. The van der Waals surface area contributed by atoms with Gasteiger partial charge in [-0.25, -0.2) is 10.4 Å². The number of aryl methyl sites for hydroxylation is 2. The fourth-order valence-corrected chi connectivity index (χ4v) is 4.21. The van der Waals surface area contributed by atoms with Crippen LogP contribution in [0.3, 0.4) is 0 Å². The number of aromatic hydroxyl groups is 1. The summed E-state index contributed by atoms with van der Waals surface area (Å²) in [5.74, 6) is -0.0699. The standard InChI is InChI=1S/C21H18N4O3S/c1-11-12(2)29-21-19(11)20(28)23-17(24-21)9-18(27)25-22-10-15-14-6-4-3-5-13(14)7-8-16(15)26/h3-8,10,26H,9H2,1-2H3,(H,25,27)(H,23,24,28)/b22-10+. The molecule has 2 heterocycles. The first kappa shape index (κ1) is 18.8. The monoisotopic (exact) mass is 406 g/mol. The topological polar surface area (TPSA) is 107 Å². The van der Waals surface area contributed by atoms with Crippen LogP contribution >= 0.6 is 11.3 Å². The number of phenols is 1. The molecule has 2 aromatic carbocycles. The molecule has 29 heavy (non-hydrogen) atoms. The zero-order valence-corrected chi connectivity index (χ0v) is 16.6. The van der Waals surface area contributed by atoms with Gasteiger partial charge in [0.2, 0.25) is 5.91 Å². The van der Waals surface area contributed by atoms with E-state index < -0.39 is 5.91 Å². The predicted molar refractivity (Wildman–Crippen MR) is 115 cm³/mol. The molecule has 0 radical (unpaired) electrons. The summed E-state index contributed by atoms with van der Waals surface area (Å²) in [6, 6.07) is 11.0. The van der Waals surface area contributed by atoms with Crippen molar-refractivity contribution in [3.05, 3.63) is 68.6 Å². The number of rotatable bonds is 4. The summed E-state index contributed by atoms with van der Waals surface area (Å²) in [6.45, 7) is 3.82. The average molecular weight is 406 g/mol. The molecule has 0 saturated carbocycles. The van der Waals surface area contributed by atoms with Crippen LogP contribution in [0, 0.1) is 13.8 Å². The number of hydrogen-bond donors (Lipinski definition) is 3. The summed E-state index contributed by atoms with van der Waals surface area (Å²) in [7, 11) is 0. The molecule has 7 nitrogen and oxygen atoms in total. The second-order valence-corrected chi connectivity index (χ2v) is 7.87. The number of aromatic amines is 1. The van der Waals surface area contributed by atoms with Gasteiger partial charge in [0.25, 0.3) is 5.56 Å². The predicted octanol–water partition coefficient (Wildman–Crippen LogP) is 3.15. The van der Waals surface area contributed by atoms with Gasteiger partial charge < -0.3 is 10.1 Å². The van der Waals surface area contributed by atoms with Crippen LogP contribution in [0.15, 0.2) is 46.3 Å². The summed E-state index contributed by atoms with van der Waals surface area (Å²) in [6.07, 6.45) is 1.29. The number of aromatic nitrogens is 2. The minimum atomic E-state index is -0.423. The lowest BCUT2D eigenvalue weighted by atomic mass is 10.0. The maximum atomic E-state index is 12.3. The first-order valence-electron chi connectivity index (χ1n) is 8.95. The van der Waals surface area contributed by atoms with Gasteiger partial charge in [0.1, 0.15) is 16.4 Å². The lowest BCUT2D eigenvalue weighted by Gasteiger charge is -2.05. The number of fused-ring (bicyclic) bond motifs is 2. The van der Waals surface area contributed by atoms with E-state index >= 15 is 0 Å². The minimum Gasteiger partial charge on any atom is -0.507 e. The number of hydrazone groups is 1. The number of carbonyl (C=O) groups is 1. The Hall–Kier alpha value is -3.52. The summed E-state index contributed by atoms with van der Waals surface area (Å²) >= 11 is 1.43. The lowest BCUT2D eigenvalue weighted by molar-refractivity contribution is -0.120. The number of carbonyl (C=O) groups excluding carboxylic acids is 1. The molecule has 4 aromatic rings. The highest BCUT2D eigenvalue weighted by molar-refractivity contribution is 7.18. The molecule has 0 fully saturated rings. The Morgan fingerprint density at radius 3 is 2.90 bits per heavy atom. The summed E-state index contributed by atoms with van der Waals surface area (Å²) in [5.41, 5.74) is 3.60. The van der Waals surface area contributed by atoms with E-state index in [2.05, 4.69) is 20.5 Å². The zero-order chi connectivity index (χ0) is 20.5. The zero-order valence-electron chi connectivity index (χ0n) is 15.8. The molecule has 0 unspecified atom stereocenters. The molecule has 0 aliphatic carbocycles. The smallest absolute Gasteiger partial charge is 0.259 e. The van der Waals surface area contributed by atoms with E-state index in [1.807, 2.05) is 44.2 Å². The van der Waals surface area contributed by atoms with Crippen molar-refractivity contribution in [1.29, 1.82) is 0 Å². The fourth-order valence-electron chi connectivity index (χ4n) is 3.16. The van der Waals surface area contributed by atoms with E-state index in [1.54, 1.807) is 6.07 Å². The number of nitrogens with one attached hydrogen (secondary N) is 2. The van der Waals surface area contributed by atoms with Gasteiger partial charge in [-0.1, -0.05) is 30.3 Å². The van der Waals surface area contributed by atoms with Crippen molar-refractivity contribution in [3.8, 4) is 5.75 Å². The van der Waals surface area contributed by atoms with Crippen LogP contribution in [0.4, 0.5) is 0 Å². The van der Waals surface area contributed by atoms with Gasteiger partial charge in [0, 0.05) is 10.4 Å². The normalized spacial score (nSPS) is 11.5. The third-order valence-electron chi connectivity index (χ3n) is 4.75. The highest BCUT2D eigenvalue weighted by Gasteiger charge is 2.13. The van der Waals surface area contributed by atoms with E-state index in [1.165, 1.54) is 17.6 Å². The Labute approximate surface area is 169 Å². The Bertz CT molecular complexity index is 1340. The van der Waals surface area contributed by atoms with Crippen molar-refractivity contribution < 1.29 is 9.90 Å². The molecule has 0 saturated heterocycles. The Morgan fingerprint density at radius 1 is 1.28 bits per heavy atom. The van der Waals surface area contributed by atoms with Crippen molar-refractivity contribution >= 4 is 44.4 Å². The molecule has 0 aliphatic heterocycles. The summed E-state index contributed by atoms with van der Waals surface area (Å²) in [4.78, 5) is 33.2. The van der Waals surface area contributed by atoms with Crippen molar-refractivity contribution in [2.75, 3.05) is 0 Å². The van der Waals surface area contributed by atoms with Gasteiger partial charge in [0.15, 0.2) is 0 Å². The SMILES string of the molecule is Cc1sc2nc(CC(=O)N/N=C/c3c(O)ccc4ccccc34)[nH]c(=O)c2c1C. The average Bonchev–Trinajstić information content (AvgIpc) is 2.97. The summed E-state index contributed by atoms with van der Waals surface area (Å²) < 4.78 is 0. The van der Waals surface area contributed by atoms with Crippen LogP contribution in [-0.4, -0.2) is 27.2 Å². The Kier molecular flexibility index (Phi) is 4.85. The highest BCUT2D eigenvalue weighted by atomic mass is 32.1. The van der Waals surface area contributed by atoms with Crippen LogP contribution in [-0.2, 0) is 11.2 Å². The fraction of sp³-hybridized carbons (Fsp3) is 0.143. The largest absolute Gasteiger partial charge is 0.507 e. The maximum Gasteiger partial charge on any atom is 0.259 e. The lowest BCUT2D eigenvalue weighted by Crippen LogP contribution is -2.23. The van der Waals surface area contributed by atoms with Crippen LogP contribution in [0.25, 0.3) is 21.0 Å². The van der Waals surface area contributed by atoms with Gasteiger partial charge in [-0.05, 0) is 36.2 Å². The first-order valence-corrected chi connectivity index (χ1v) is 9.77. The van der Waals surface area contributed by atoms with Gasteiger partial charge in [-0.15, -0.1) is 11.3 Å². The van der Waals surface area contributed by atoms with E-state index in [0.29, 0.717) is 15.8 Å². The quantitative estimate of drug-likeness (QED) is 0.357. The van der Waals surface area contributed by atoms with Crippen molar-refractivity contribution in [2.45, 2.75) is 20.3 Å². The molecular weight excluding hydrogens is 388 g/mol. The summed E-state index contributed by atoms with van der Waals surface area (Å²) in [5, 5.41) is 16.4. The van der Waals surface area contributed by atoms with Gasteiger partial charge in [-0.3, -0.25) is 9.59 Å². The van der Waals surface area contributed by atoms with E-state index in [-0.39, 0.29) is 23.6 Å². The minimum absolute atomic E-state index is 0.0709. The van der Waals surface area contributed by atoms with Crippen LogP contribution in [0.2, 0.25) is 0 Å². The molecule has 8 heteroatoms. The van der Waals surface area contributed by atoms with Gasteiger partial charge >= 0.3 is 0 Å². The second kappa shape index (κ2) is 7.48. The Morgan fingerprint density at radius 2 is 2.07 bits per heavy atom. The molecule has 0 bridgehead atoms. The first-order chi connectivity index (χ1) is 13.9. The molecule has 1 amide bonds. The molecule has 3 N–H and O–H groups in total. The third-order valence-corrected chi connectivity index (χ3v) is 5.85. The van der Waals surface area contributed by atoms with Crippen molar-refractivity contribution in [1.82, 2.24) is 15.4 Å². The van der Waals surface area contributed by atoms with Crippen LogP contribution in [0.1, 0.15) is 21.8 Å². The van der Waals surface area contributed by atoms with E-state index in [9.17, 15) is 14.7 Å².